The molecule has 0 radical (unpaired) electrons. The number of benzene rings is 1. The molecule has 6 nitrogen and oxygen atoms in total. The molecular weight excluding hydrogens is 357 g/mol. The minimum Gasteiger partial charge on any atom is -0.369 e. The van der Waals surface area contributed by atoms with Crippen LogP contribution in [0.3, 0.4) is 0 Å². The number of anilines is 1. The SMILES string of the molecule is Cl.O=C(NC1CCCN(c2cccc(F)c2)C1)c1n[nH]c2c1CNCC2. The Morgan fingerprint density at radius 2 is 2.27 bits per heavy atom. The lowest BCUT2D eigenvalue weighted by Crippen LogP contribution is -2.48. The predicted molar refractivity (Wildman–Crippen MR) is 100 cm³/mol. The molecule has 1 aromatic carbocycles. The number of aromatic nitrogens is 2. The summed E-state index contributed by atoms with van der Waals surface area (Å²) in [7, 11) is 0. The monoisotopic (exact) mass is 379 g/mol. The molecule has 2 aliphatic heterocycles. The zero-order valence-electron chi connectivity index (χ0n) is 14.4. The molecule has 3 N–H and O–H groups in total. The Morgan fingerprint density at radius 3 is 3.12 bits per heavy atom. The number of amides is 1. The lowest BCUT2D eigenvalue weighted by Gasteiger charge is -2.34. The standard InChI is InChI=1S/C18H22FN5O.ClH/c19-12-3-1-5-14(9-12)24-8-2-4-13(11-24)21-18(25)17-15-10-20-7-6-16(15)22-23-17;/h1,3,5,9,13,20H,2,4,6-8,10-11H2,(H,21,25)(H,22,23);1H. The maximum atomic E-state index is 13.5. The summed E-state index contributed by atoms with van der Waals surface area (Å²) >= 11 is 0. The highest BCUT2D eigenvalue weighted by Crippen LogP contribution is 2.21. The van der Waals surface area contributed by atoms with Gasteiger partial charge in [-0.25, -0.2) is 4.39 Å². The Morgan fingerprint density at radius 1 is 1.38 bits per heavy atom. The third-order valence-electron chi connectivity index (χ3n) is 4.95. The first-order chi connectivity index (χ1) is 12.2. The largest absolute Gasteiger partial charge is 0.369 e. The van der Waals surface area contributed by atoms with Gasteiger partial charge in [0.1, 0.15) is 5.82 Å². The number of carbonyl (C=O) groups excluding carboxylic acids is 1. The number of carbonyl (C=O) groups is 1. The van der Waals surface area contributed by atoms with E-state index >= 15 is 0 Å². The average Bonchev–Trinajstić information content (AvgIpc) is 3.06. The van der Waals surface area contributed by atoms with Gasteiger partial charge < -0.3 is 15.5 Å². The number of H-pyrrole nitrogens is 1. The summed E-state index contributed by atoms with van der Waals surface area (Å²) in [5.41, 5.74) is 3.38. The van der Waals surface area contributed by atoms with E-state index in [2.05, 4.69) is 25.7 Å². The molecule has 3 heterocycles. The second kappa shape index (κ2) is 8.05. The van der Waals surface area contributed by atoms with Gasteiger partial charge in [0.25, 0.3) is 5.91 Å². The molecule has 1 fully saturated rings. The summed E-state index contributed by atoms with van der Waals surface area (Å²) in [6.45, 7) is 3.13. The van der Waals surface area contributed by atoms with Crippen LogP contribution in [0.15, 0.2) is 24.3 Å². The van der Waals surface area contributed by atoms with E-state index in [0.717, 1.165) is 49.3 Å². The summed E-state index contributed by atoms with van der Waals surface area (Å²) in [6, 6.07) is 6.65. The van der Waals surface area contributed by atoms with E-state index in [0.29, 0.717) is 18.8 Å². The number of halogens is 2. The summed E-state index contributed by atoms with van der Waals surface area (Å²) in [4.78, 5) is 14.8. The molecule has 0 spiro atoms. The molecule has 0 bridgehead atoms. The van der Waals surface area contributed by atoms with Gasteiger partial charge in [-0.1, -0.05) is 6.07 Å². The first kappa shape index (κ1) is 18.7. The van der Waals surface area contributed by atoms with Crippen molar-refractivity contribution in [3.8, 4) is 0 Å². The van der Waals surface area contributed by atoms with Crippen LogP contribution in [0, 0.1) is 5.82 Å². The van der Waals surface area contributed by atoms with E-state index in [1.54, 1.807) is 12.1 Å². The fourth-order valence-electron chi connectivity index (χ4n) is 3.67. The molecule has 4 rings (SSSR count). The van der Waals surface area contributed by atoms with Crippen molar-refractivity contribution in [1.82, 2.24) is 20.8 Å². The minimum absolute atomic E-state index is 0. The normalized spacial score (nSPS) is 19.4. The second-order valence-corrected chi connectivity index (χ2v) is 6.69. The minimum atomic E-state index is -0.237. The quantitative estimate of drug-likeness (QED) is 0.762. The van der Waals surface area contributed by atoms with Gasteiger partial charge in [-0.15, -0.1) is 12.4 Å². The average molecular weight is 380 g/mol. The molecule has 1 unspecified atom stereocenters. The number of hydrogen-bond acceptors (Lipinski definition) is 4. The fraction of sp³-hybridized carbons (Fsp3) is 0.444. The lowest BCUT2D eigenvalue weighted by molar-refractivity contribution is 0.0927. The third kappa shape index (κ3) is 3.83. The first-order valence-corrected chi connectivity index (χ1v) is 8.79. The highest BCUT2D eigenvalue weighted by molar-refractivity contribution is 5.94. The molecule has 1 aromatic heterocycles. The van der Waals surface area contributed by atoms with Gasteiger partial charge in [0.2, 0.25) is 0 Å². The zero-order valence-corrected chi connectivity index (χ0v) is 15.2. The lowest BCUT2D eigenvalue weighted by atomic mass is 10.0. The fourth-order valence-corrected chi connectivity index (χ4v) is 3.67. The number of nitrogens with one attached hydrogen (secondary N) is 3. The predicted octanol–water partition coefficient (Wildman–Crippen LogP) is 2.02. The van der Waals surface area contributed by atoms with Crippen LogP contribution in [0.1, 0.15) is 34.6 Å². The van der Waals surface area contributed by atoms with Gasteiger partial charge in [-0.05, 0) is 31.0 Å². The number of fused-ring (bicyclic) bond motifs is 1. The number of aromatic amines is 1. The topological polar surface area (TPSA) is 73.0 Å². The van der Waals surface area contributed by atoms with E-state index in [9.17, 15) is 9.18 Å². The van der Waals surface area contributed by atoms with Crippen molar-refractivity contribution >= 4 is 24.0 Å². The van der Waals surface area contributed by atoms with E-state index in [1.165, 1.54) is 6.07 Å². The van der Waals surface area contributed by atoms with Crippen LogP contribution in [-0.4, -0.2) is 41.8 Å². The van der Waals surface area contributed by atoms with Crippen LogP contribution in [0.5, 0.6) is 0 Å². The van der Waals surface area contributed by atoms with Crippen LogP contribution in [0.25, 0.3) is 0 Å². The molecular formula is C18H23ClFN5O. The Kier molecular flexibility index (Phi) is 5.78. The van der Waals surface area contributed by atoms with Gasteiger partial charge in [0, 0.05) is 55.6 Å². The van der Waals surface area contributed by atoms with Crippen LogP contribution in [0.4, 0.5) is 10.1 Å². The van der Waals surface area contributed by atoms with Gasteiger partial charge in [0.15, 0.2) is 5.69 Å². The van der Waals surface area contributed by atoms with Crippen molar-refractivity contribution in [2.24, 2.45) is 0 Å². The molecule has 0 aliphatic carbocycles. The van der Waals surface area contributed by atoms with Crippen molar-refractivity contribution in [2.45, 2.75) is 31.8 Å². The van der Waals surface area contributed by atoms with Crippen molar-refractivity contribution in [1.29, 1.82) is 0 Å². The molecule has 1 amide bonds. The second-order valence-electron chi connectivity index (χ2n) is 6.69. The maximum Gasteiger partial charge on any atom is 0.272 e. The van der Waals surface area contributed by atoms with Crippen LogP contribution < -0.4 is 15.5 Å². The van der Waals surface area contributed by atoms with E-state index in [1.807, 2.05) is 6.07 Å². The Labute approximate surface area is 157 Å². The Bertz CT molecular complexity index is 781. The summed E-state index contributed by atoms with van der Waals surface area (Å²) in [5, 5.41) is 13.6. The summed E-state index contributed by atoms with van der Waals surface area (Å²) in [6.07, 6.45) is 2.75. The number of piperidine rings is 1. The molecule has 8 heteroatoms. The Hall–Kier alpha value is -2.12. The molecule has 0 saturated carbocycles. The van der Waals surface area contributed by atoms with Crippen molar-refractivity contribution < 1.29 is 9.18 Å². The van der Waals surface area contributed by atoms with Crippen LogP contribution >= 0.6 is 12.4 Å². The van der Waals surface area contributed by atoms with Gasteiger partial charge in [-0.2, -0.15) is 5.10 Å². The Balaban J connectivity index is 0.00000196. The number of nitrogens with zero attached hydrogens (tertiary/aromatic N) is 2. The van der Waals surface area contributed by atoms with Crippen LogP contribution in [-0.2, 0) is 13.0 Å². The van der Waals surface area contributed by atoms with Gasteiger partial charge >= 0.3 is 0 Å². The van der Waals surface area contributed by atoms with E-state index in [4.69, 9.17) is 0 Å². The first-order valence-electron chi connectivity index (χ1n) is 8.79. The third-order valence-corrected chi connectivity index (χ3v) is 4.95. The smallest absolute Gasteiger partial charge is 0.272 e. The molecule has 1 saturated heterocycles. The zero-order chi connectivity index (χ0) is 17.2. The van der Waals surface area contributed by atoms with E-state index in [-0.39, 0.29) is 30.2 Å². The van der Waals surface area contributed by atoms with Crippen LogP contribution in [0.2, 0.25) is 0 Å². The molecule has 2 aromatic rings. The highest BCUT2D eigenvalue weighted by Gasteiger charge is 2.26. The summed E-state index contributed by atoms with van der Waals surface area (Å²) < 4.78 is 13.5. The van der Waals surface area contributed by atoms with Gasteiger partial charge in [0.05, 0.1) is 0 Å². The van der Waals surface area contributed by atoms with Crippen molar-refractivity contribution in [2.75, 3.05) is 24.5 Å². The molecule has 26 heavy (non-hydrogen) atoms. The van der Waals surface area contributed by atoms with E-state index < -0.39 is 0 Å². The van der Waals surface area contributed by atoms with Crippen molar-refractivity contribution in [3.05, 3.63) is 47.0 Å². The maximum absolute atomic E-state index is 13.5. The highest BCUT2D eigenvalue weighted by atomic mass is 35.5. The summed E-state index contributed by atoms with van der Waals surface area (Å²) in [5.74, 6) is -0.369. The van der Waals surface area contributed by atoms with Gasteiger partial charge in [-0.3, -0.25) is 9.89 Å². The number of hydrogen-bond donors (Lipinski definition) is 3. The molecule has 1 atom stereocenters. The molecule has 2 aliphatic rings. The number of rotatable bonds is 3. The van der Waals surface area contributed by atoms with Crippen molar-refractivity contribution in [3.63, 3.8) is 0 Å². The molecule has 140 valence electrons.